The maximum absolute atomic E-state index is 10.7. The second kappa shape index (κ2) is 5.35. The molecule has 1 aromatic heterocycles. The van der Waals surface area contributed by atoms with Crippen LogP contribution in [0, 0.1) is 6.92 Å². The van der Waals surface area contributed by atoms with Crippen LogP contribution in [-0.4, -0.2) is 15.7 Å². The Kier molecular flexibility index (Phi) is 3.62. The van der Waals surface area contributed by atoms with E-state index in [2.05, 4.69) is 41.6 Å². The number of hydrogen-bond donors (Lipinski definition) is 2. The molecule has 0 aliphatic rings. The van der Waals surface area contributed by atoms with Gasteiger partial charge in [-0.05, 0) is 12.5 Å². The molecule has 2 aromatic rings. The largest absolute Gasteiger partial charge is 0.378 e. The normalized spacial score (nSPS) is 10.3. The molecule has 0 radical (unpaired) electrons. The van der Waals surface area contributed by atoms with E-state index in [0.717, 1.165) is 12.2 Å². The Morgan fingerprint density at radius 3 is 2.78 bits per heavy atom. The van der Waals surface area contributed by atoms with Gasteiger partial charge < -0.3 is 11.1 Å². The van der Waals surface area contributed by atoms with E-state index in [1.807, 2.05) is 0 Å². The summed E-state index contributed by atoms with van der Waals surface area (Å²) < 4.78 is 1.51. The SMILES string of the molecule is Cc1ccc(CNc2cnn(CC(N)=O)c2)cc1. The number of aromatic nitrogens is 2. The van der Waals surface area contributed by atoms with Crippen LogP contribution in [0.4, 0.5) is 5.69 Å². The highest BCUT2D eigenvalue weighted by Crippen LogP contribution is 2.09. The molecule has 0 spiro atoms. The van der Waals surface area contributed by atoms with Gasteiger partial charge in [0.25, 0.3) is 0 Å². The number of benzene rings is 1. The van der Waals surface area contributed by atoms with Gasteiger partial charge in [0.1, 0.15) is 6.54 Å². The van der Waals surface area contributed by atoms with Crippen LogP contribution in [0.1, 0.15) is 11.1 Å². The van der Waals surface area contributed by atoms with Crippen LogP contribution < -0.4 is 11.1 Å². The van der Waals surface area contributed by atoms with Gasteiger partial charge in [-0.15, -0.1) is 0 Å². The molecule has 3 N–H and O–H groups in total. The van der Waals surface area contributed by atoms with Crippen molar-refractivity contribution in [2.45, 2.75) is 20.0 Å². The first-order valence-corrected chi connectivity index (χ1v) is 5.73. The van der Waals surface area contributed by atoms with Crippen LogP contribution >= 0.6 is 0 Å². The Labute approximate surface area is 106 Å². The molecule has 0 unspecified atom stereocenters. The molecule has 1 amide bonds. The molecule has 0 aliphatic heterocycles. The van der Waals surface area contributed by atoms with Gasteiger partial charge in [0, 0.05) is 12.7 Å². The summed E-state index contributed by atoms with van der Waals surface area (Å²) in [5.74, 6) is -0.400. The predicted octanol–water partition coefficient (Wildman–Crippen LogP) is 1.29. The molecule has 0 atom stereocenters. The fourth-order valence-electron chi connectivity index (χ4n) is 1.61. The van der Waals surface area contributed by atoms with Crippen molar-refractivity contribution < 1.29 is 4.79 Å². The molecule has 94 valence electrons. The quantitative estimate of drug-likeness (QED) is 0.832. The molecule has 0 saturated carbocycles. The molecular formula is C13H16N4O. The summed E-state index contributed by atoms with van der Waals surface area (Å²) in [7, 11) is 0. The minimum atomic E-state index is -0.400. The third-order valence-corrected chi connectivity index (χ3v) is 2.57. The molecule has 1 heterocycles. The lowest BCUT2D eigenvalue weighted by Gasteiger charge is -2.03. The first kappa shape index (κ1) is 12.2. The van der Waals surface area contributed by atoms with Crippen LogP contribution in [0.5, 0.6) is 0 Å². The van der Waals surface area contributed by atoms with Gasteiger partial charge in [-0.1, -0.05) is 29.8 Å². The summed E-state index contributed by atoms with van der Waals surface area (Å²) in [5.41, 5.74) is 8.41. The average Bonchev–Trinajstić information content (AvgIpc) is 2.75. The number of amides is 1. The van der Waals surface area contributed by atoms with Crippen LogP contribution in [-0.2, 0) is 17.9 Å². The lowest BCUT2D eigenvalue weighted by Crippen LogP contribution is -2.18. The summed E-state index contributed by atoms with van der Waals surface area (Å²) >= 11 is 0. The van der Waals surface area contributed by atoms with Crippen molar-refractivity contribution >= 4 is 11.6 Å². The smallest absolute Gasteiger partial charge is 0.239 e. The number of nitrogens with two attached hydrogens (primary N) is 1. The molecule has 18 heavy (non-hydrogen) atoms. The summed E-state index contributed by atoms with van der Waals surface area (Å²) in [6.45, 7) is 2.89. The van der Waals surface area contributed by atoms with E-state index in [1.165, 1.54) is 15.8 Å². The van der Waals surface area contributed by atoms with Crippen LogP contribution in [0.15, 0.2) is 36.7 Å². The van der Waals surface area contributed by atoms with Crippen molar-refractivity contribution in [3.05, 3.63) is 47.8 Å². The van der Waals surface area contributed by atoms with Gasteiger partial charge in [-0.2, -0.15) is 5.10 Å². The second-order valence-corrected chi connectivity index (χ2v) is 4.23. The number of nitrogens with zero attached hydrogens (tertiary/aromatic N) is 2. The number of rotatable bonds is 5. The number of aryl methyl sites for hydroxylation is 1. The maximum atomic E-state index is 10.7. The minimum Gasteiger partial charge on any atom is -0.378 e. The van der Waals surface area contributed by atoms with E-state index in [4.69, 9.17) is 5.73 Å². The number of hydrogen-bond acceptors (Lipinski definition) is 3. The first-order valence-electron chi connectivity index (χ1n) is 5.73. The van der Waals surface area contributed by atoms with Gasteiger partial charge >= 0.3 is 0 Å². The maximum Gasteiger partial charge on any atom is 0.239 e. The highest BCUT2D eigenvalue weighted by molar-refractivity contribution is 5.73. The Bertz CT molecular complexity index is 530. The fraction of sp³-hybridized carbons (Fsp3) is 0.231. The van der Waals surface area contributed by atoms with E-state index < -0.39 is 5.91 Å². The number of carbonyl (C=O) groups excluding carboxylic acids is 1. The average molecular weight is 244 g/mol. The third kappa shape index (κ3) is 3.35. The number of anilines is 1. The summed E-state index contributed by atoms with van der Waals surface area (Å²) in [6, 6.07) is 8.31. The van der Waals surface area contributed by atoms with Gasteiger partial charge in [-0.3, -0.25) is 9.48 Å². The Hall–Kier alpha value is -2.30. The number of primary amides is 1. The zero-order chi connectivity index (χ0) is 13.0. The summed E-state index contributed by atoms with van der Waals surface area (Å²) in [5, 5.41) is 7.27. The van der Waals surface area contributed by atoms with Crippen LogP contribution in [0.3, 0.4) is 0 Å². The van der Waals surface area contributed by atoms with Crippen molar-refractivity contribution in [2.75, 3.05) is 5.32 Å². The third-order valence-electron chi connectivity index (χ3n) is 2.57. The Morgan fingerprint density at radius 1 is 1.39 bits per heavy atom. The van der Waals surface area contributed by atoms with E-state index in [-0.39, 0.29) is 6.54 Å². The Balaban J connectivity index is 1.92. The highest BCUT2D eigenvalue weighted by Gasteiger charge is 2.01. The Morgan fingerprint density at radius 2 is 2.11 bits per heavy atom. The summed E-state index contributed by atoms with van der Waals surface area (Å²) in [6.07, 6.45) is 3.44. The topological polar surface area (TPSA) is 72.9 Å². The molecule has 2 rings (SSSR count). The van der Waals surface area contributed by atoms with Crippen molar-refractivity contribution in [1.82, 2.24) is 9.78 Å². The molecular weight excluding hydrogens is 228 g/mol. The molecule has 0 bridgehead atoms. The molecule has 5 nitrogen and oxygen atoms in total. The molecule has 0 aliphatic carbocycles. The predicted molar refractivity (Wildman–Crippen MR) is 69.9 cm³/mol. The highest BCUT2D eigenvalue weighted by atomic mass is 16.1. The van der Waals surface area contributed by atoms with E-state index in [0.29, 0.717) is 0 Å². The molecule has 1 aromatic carbocycles. The lowest BCUT2D eigenvalue weighted by molar-refractivity contribution is -0.118. The van der Waals surface area contributed by atoms with Gasteiger partial charge in [0.2, 0.25) is 5.91 Å². The van der Waals surface area contributed by atoms with Gasteiger partial charge in [-0.25, -0.2) is 0 Å². The molecule has 5 heteroatoms. The number of nitrogens with one attached hydrogen (secondary N) is 1. The zero-order valence-corrected chi connectivity index (χ0v) is 10.3. The first-order chi connectivity index (χ1) is 8.63. The van der Waals surface area contributed by atoms with Gasteiger partial charge in [0.15, 0.2) is 0 Å². The monoisotopic (exact) mass is 244 g/mol. The van der Waals surface area contributed by atoms with Crippen LogP contribution in [0.25, 0.3) is 0 Å². The van der Waals surface area contributed by atoms with Crippen molar-refractivity contribution in [3.8, 4) is 0 Å². The standard InChI is InChI=1S/C13H16N4O/c1-10-2-4-11(5-3-10)6-15-12-7-16-17(8-12)9-13(14)18/h2-5,7-8,15H,6,9H2,1H3,(H2,14,18). The zero-order valence-electron chi connectivity index (χ0n) is 10.3. The van der Waals surface area contributed by atoms with Crippen LogP contribution in [0.2, 0.25) is 0 Å². The fourth-order valence-corrected chi connectivity index (χ4v) is 1.61. The molecule has 0 saturated heterocycles. The minimum absolute atomic E-state index is 0.103. The lowest BCUT2D eigenvalue weighted by atomic mass is 10.1. The van der Waals surface area contributed by atoms with Crippen molar-refractivity contribution in [3.63, 3.8) is 0 Å². The summed E-state index contributed by atoms with van der Waals surface area (Å²) in [4.78, 5) is 10.7. The van der Waals surface area contributed by atoms with Gasteiger partial charge in [0.05, 0.1) is 11.9 Å². The molecule has 0 fully saturated rings. The second-order valence-electron chi connectivity index (χ2n) is 4.23. The van der Waals surface area contributed by atoms with E-state index in [1.54, 1.807) is 12.4 Å². The van der Waals surface area contributed by atoms with Crippen molar-refractivity contribution in [1.29, 1.82) is 0 Å². The number of carbonyl (C=O) groups is 1. The van der Waals surface area contributed by atoms with Crippen molar-refractivity contribution in [2.24, 2.45) is 5.73 Å². The van der Waals surface area contributed by atoms with E-state index >= 15 is 0 Å². The van der Waals surface area contributed by atoms with E-state index in [9.17, 15) is 4.79 Å².